The minimum atomic E-state index is 0.737. The summed E-state index contributed by atoms with van der Waals surface area (Å²) in [4.78, 5) is 0. The van der Waals surface area contributed by atoms with Crippen molar-refractivity contribution in [1.29, 1.82) is 0 Å². The summed E-state index contributed by atoms with van der Waals surface area (Å²) in [6, 6.07) is 6.13. The van der Waals surface area contributed by atoms with E-state index >= 15 is 0 Å². The Labute approximate surface area is 108 Å². The molecule has 0 spiro atoms. The molecule has 0 aliphatic rings. The maximum Gasteiger partial charge on any atom is 0.0848 e. The highest BCUT2D eigenvalue weighted by Gasteiger charge is 2.10. The van der Waals surface area contributed by atoms with Gasteiger partial charge in [0.25, 0.3) is 0 Å². The first kappa shape index (κ1) is 11.7. The lowest BCUT2D eigenvalue weighted by atomic mass is 10.2. The second kappa shape index (κ2) is 4.22. The molecule has 0 radical (unpaired) electrons. The third-order valence-electron chi connectivity index (χ3n) is 2.59. The van der Waals surface area contributed by atoms with E-state index in [1.165, 1.54) is 5.56 Å². The smallest absolute Gasteiger partial charge is 0.0848 e. The molecule has 16 heavy (non-hydrogen) atoms. The highest BCUT2D eigenvalue weighted by molar-refractivity contribution is 9.10. The van der Waals surface area contributed by atoms with Gasteiger partial charge in [-0.25, -0.2) is 4.68 Å². The molecule has 1 aromatic carbocycles. The normalized spacial score (nSPS) is 10.8. The van der Waals surface area contributed by atoms with Crippen molar-refractivity contribution in [3.05, 3.63) is 44.6 Å². The van der Waals surface area contributed by atoms with Crippen LogP contribution in [0.3, 0.4) is 0 Å². The van der Waals surface area contributed by atoms with Gasteiger partial charge in [-0.05, 0) is 44.5 Å². The van der Waals surface area contributed by atoms with Gasteiger partial charge in [0.15, 0.2) is 0 Å². The summed E-state index contributed by atoms with van der Waals surface area (Å²) >= 11 is 9.61. The van der Waals surface area contributed by atoms with Gasteiger partial charge in [0.2, 0.25) is 0 Å². The molecule has 1 aromatic heterocycles. The van der Waals surface area contributed by atoms with E-state index in [9.17, 15) is 0 Å². The maximum atomic E-state index is 6.13. The van der Waals surface area contributed by atoms with Crippen LogP contribution in [0, 0.1) is 20.8 Å². The van der Waals surface area contributed by atoms with Crippen molar-refractivity contribution in [3.8, 4) is 5.69 Å². The van der Waals surface area contributed by atoms with Crippen LogP contribution in [0.4, 0.5) is 0 Å². The summed E-state index contributed by atoms with van der Waals surface area (Å²) in [7, 11) is 0. The minimum absolute atomic E-state index is 0.737. The third kappa shape index (κ3) is 1.89. The summed E-state index contributed by atoms with van der Waals surface area (Å²) in [6.07, 6.45) is 0. The van der Waals surface area contributed by atoms with E-state index in [2.05, 4.69) is 34.0 Å². The van der Waals surface area contributed by atoms with E-state index in [0.717, 1.165) is 26.6 Å². The van der Waals surface area contributed by atoms with Crippen LogP contribution in [-0.2, 0) is 0 Å². The van der Waals surface area contributed by atoms with Crippen LogP contribution in [0.15, 0.2) is 22.7 Å². The van der Waals surface area contributed by atoms with Crippen molar-refractivity contribution in [2.45, 2.75) is 20.8 Å². The van der Waals surface area contributed by atoms with Crippen molar-refractivity contribution in [1.82, 2.24) is 9.78 Å². The molecule has 84 valence electrons. The minimum Gasteiger partial charge on any atom is -0.236 e. The Hall–Kier alpha value is -0.800. The fraction of sp³-hybridized carbons (Fsp3) is 0.250. The largest absolute Gasteiger partial charge is 0.236 e. The molecule has 2 rings (SSSR count). The second-order valence-corrected chi connectivity index (χ2v) is 5.06. The Balaban J connectivity index is 2.59. The van der Waals surface area contributed by atoms with Gasteiger partial charge in [-0.2, -0.15) is 5.10 Å². The highest BCUT2D eigenvalue weighted by Crippen LogP contribution is 2.24. The Kier molecular flexibility index (Phi) is 3.08. The van der Waals surface area contributed by atoms with Gasteiger partial charge < -0.3 is 0 Å². The molecule has 0 amide bonds. The molecular formula is C12H12BrClN2. The van der Waals surface area contributed by atoms with Crippen molar-refractivity contribution < 1.29 is 0 Å². The van der Waals surface area contributed by atoms with E-state index in [0.29, 0.717) is 0 Å². The molecule has 0 unspecified atom stereocenters. The number of hydrogen-bond donors (Lipinski definition) is 0. The molecule has 0 aliphatic carbocycles. The SMILES string of the molecule is Cc1cc(-n2nc(C)c(Cl)c2C)ccc1Br. The average molecular weight is 300 g/mol. The summed E-state index contributed by atoms with van der Waals surface area (Å²) < 4.78 is 2.97. The molecule has 4 heteroatoms. The molecule has 1 heterocycles. The van der Waals surface area contributed by atoms with E-state index < -0.39 is 0 Å². The van der Waals surface area contributed by atoms with Gasteiger partial charge in [-0.15, -0.1) is 0 Å². The number of hydrogen-bond acceptors (Lipinski definition) is 1. The van der Waals surface area contributed by atoms with E-state index in [1.54, 1.807) is 0 Å². The molecule has 0 aliphatic heterocycles. The van der Waals surface area contributed by atoms with Crippen LogP contribution >= 0.6 is 27.5 Å². The standard InChI is InChI=1S/C12H12BrClN2/c1-7-6-10(4-5-11(7)13)16-9(3)12(14)8(2)15-16/h4-6H,1-3H3. The van der Waals surface area contributed by atoms with Crippen molar-refractivity contribution >= 4 is 27.5 Å². The number of aromatic nitrogens is 2. The van der Waals surface area contributed by atoms with Crippen LogP contribution in [0.25, 0.3) is 5.69 Å². The second-order valence-electron chi connectivity index (χ2n) is 3.83. The van der Waals surface area contributed by atoms with Crippen molar-refractivity contribution in [2.75, 3.05) is 0 Å². The first-order chi connectivity index (χ1) is 7.50. The Morgan fingerprint density at radius 1 is 1.25 bits per heavy atom. The molecule has 0 fully saturated rings. The van der Waals surface area contributed by atoms with Gasteiger partial charge in [0.05, 0.1) is 22.1 Å². The lowest BCUT2D eigenvalue weighted by Gasteiger charge is -2.06. The molecule has 0 N–H and O–H groups in total. The zero-order chi connectivity index (χ0) is 11.9. The lowest BCUT2D eigenvalue weighted by Crippen LogP contribution is -1.99. The molecule has 2 aromatic rings. The van der Waals surface area contributed by atoms with Crippen LogP contribution in [0.2, 0.25) is 5.02 Å². The lowest BCUT2D eigenvalue weighted by molar-refractivity contribution is 0.832. The molecule has 0 bridgehead atoms. The summed E-state index contributed by atoms with van der Waals surface area (Å²) in [5.74, 6) is 0. The topological polar surface area (TPSA) is 17.8 Å². The van der Waals surface area contributed by atoms with E-state index in [1.807, 2.05) is 30.7 Å². The number of nitrogens with zero attached hydrogens (tertiary/aromatic N) is 2. The van der Waals surface area contributed by atoms with Crippen molar-refractivity contribution in [2.24, 2.45) is 0 Å². The first-order valence-electron chi connectivity index (χ1n) is 4.99. The van der Waals surface area contributed by atoms with Gasteiger partial charge >= 0.3 is 0 Å². The Morgan fingerprint density at radius 3 is 2.44 bits per heavy atom. The summed E-state index contributed by atoms with van der Waals surface area (Å²) in [5, 5.41) is 5.16. The molecule has 2 nitrogen and oxygen atoms in total. The van der Waals surface area contributed by atoms with Crippen LogP contribution in [0.1, 0.15) is 17.0 Å². The van der Waals surface area contributed by atoms with Gasteiger partial charge in [-0.3, -0.25) is 0 Å². The van der Waals surface area contributed by atoms with Gasteiger partial charge in [-0.1, -0.05) is 27.5 Å². The molecule has 0 atom stereocenters. The summed E-state index contributed by atoms with van der Waals surface area (Å²) in [5.41, 5.74) is 4.05. The number of rotatable bonds is 1. The van der Waals surface area contributed by atoms with Crippen LogP contribution in [0.5, 0.6) is 0 Å². The van der Waals surface area contributed by atoms with Gasteiger partial charge in [0, 0.05) is 4.47 Å². The molecule has 0 saturated carbocycles. The highest BCUT2D eigenvalue weighted by atomic mass is 79.9. The number of halogens is 2. The van der Waals surface area contributed by atoms with Gasteiger partial charge in [0.1, 0.15) is 0 Å². The van der Waals surface area contributed by atoms with Crippen molar-refractivity contribution in [3.63, 3.8) is 0 Å². The predicted molar refractivity (Wildman–Crippen MR) is 70.5 cm³/mol. The fourth-order valence-corrected chi connectivity index (χ4v) is 2.00. The van der Waals surface area contributed by atoms with E-state index in [4.69, 9.17) is 11.6 Å². The predicted octanol–water partition coefficient (Wildman–Crippen LogP) is 4.21. The van der Waals surface area contributed by atoms with Crippen LogP contribution < -0.4 is 0 Å². The first-order valence-corrected chi connectivity index (χ1v) is 6.16. The third-order valence-corrected chi connectivity index (χ3v) is 4.03. The molecular weight excluding hydrogens is 288 g/mol. The monoisotopic (exact) mass is 298 g/mol. The Morgan fingerprint density at radius 2 is 1.94 bits per heavy atom. The molecule has 0 saturated heterocycles. The maximum absolute atomic E-state index is 6.13. The van der Waals surface area contributed by atoms with Crippen LogP contribution in [-0.4, -0.2) is 9.78 Å². The number of benzene rings is 1. The average Bonchev–Trinajstić information content (AvgIpc) is 2.50. The number of aryl methyl sites for hydroxylation is 2. The summed E-state index contributed by atoms with van der Waals surface area (Å²) in [6.45, 7) is 5.94. The fourth-order valence-electron chi connectivity index (χ4n) is 1.64. The Bertz CT molecular complexity index is 546. The zero-order valence-electron chi connectivity index (χ0n) is 9.38. The quantitative estimate of drug-likeness (QED) is 0.771. The zero-order valence-corrected chi connectivity index (χ0v) is 11.7. The van der Waals surface area contributed by atoms with E-state index in [-0.39, 0.29) is 0 Å².